The molecule has 0 atom stereocenters. The van der Waals surface area contributed by atoms with Gasteiger partial charge in [-0.3, -0.25) is 0 Å². The number of alkyl halides is 3. The standard InChI is InChI=1S/C12H22F3N3O3S/c1-17(2)11(19)18-6-3-10(4-7-18)9-16-22(20,21)8-5-12(13,14)15/h10,16H,3-9H2,1-2H3. The summed E-state index contributed by atoms with van der Waals surface area (Å²) < 4.78 is 61.3. The lowest BCUT2D eigenvalue weighted by molar-refractivity contribution is -0.130. The fraction of sp³-hybridized carbons (Fsp3) is 0.917. The molecule has 1 aliphatic heterocycles. The predicted octanol–water partition coefficient (Wildman–Crippen LogP) is 1.25. The number of hydrogen-bond donors (Lipinski definition) is 1. The van der Waals surface area contributed by atoms with Gasteiger partial charge in [-0.05, 0) is 18.8 Å². The average Bonchev–Trinajstić information content (AvgIpc) is 2.42. The third-order valence-corrected chi connectivity index (χ3v) is 4.86. The van der Waals surface area contributed by atoms with Gasteiger partial charge in [-0.1, -0.05) is 0 Å². The summed E-state index contributed by atoms with van der Waals surface area (Å²) in [4.78, 5) is 14.9. The number of urea groups is 1. The molecule has 0 unspecified atom stereocenters. The van der Waals surface area contributed by atoms with Crippen LogP contribution in [-0.4, -0.2) is 69.9 Å². The van der Waals surface area contributed by atoms with Crippen molar-refractivity contribution in [3.8, 4) is 0 Å². The van der Waals surface area contributed by atoms with Crippen LogP contribution < -0.4 is 4.72 Å². The number of rotatable bonds is 5. The van der Waals surface area contributed by atoms with Crippen LogP contribution in [0.25, 0.3) is 0 Å². The van der Waals surface area contributed by atoms with Crippen LogP contribution in [0.2, 0.25) is 0 Å². The highest BCUT2D eigenvalue weighted by atomic mass is 32.2. The number of nitrogens with zero attached hydrogens (tertiary/aromatic N) is 2. The van der Waals surface area contributed by atoms with Gasteiger partial charge in [0.1, 0.15) is 0 Å². The molecule has 0 bridgehead atoms. The van der Waals surface area contributed by atoms with E-state index in [0.717, 1.165) is 0 Å². The molecule has 0 radical (unpaired) electrons. The van der Waals surface area contributed by atoms with E-state index in [1.54, 1.807) is 19.0 Å². The molecule has 22 heavy (non-hydrogen) atoms. The molecule has 1 fully saturated rings. The zero-order chi connectivity index (χ0) is 17.0. The second-order valence-electron chi connectivity index (χ2n) is 5.64. The molecule has 0 saturated carbocycles. The van der Waals surface area contributed by atoms with Crippen molar-refractivity contribution in [1.29, 1.82) is 0 Å². The highest BCUT2D eigenvalue weighted by molar-refractivity contribution is 7.89. The highest BCUT2D eigenvalue weighted by Gasteiger charge is 2.30. The fourth-order valence-electron chi connectivity index (χ4n) is 2.18. The molecule has 0 spiro atoms. The second kappa shape index (κ2) is 7.49. The van der Waals surface area contributed by atoms with Crippen LogP contribution >= 0.6 is 0 Å². The molecular formula is C12H22F3N3O3S. The molecule has 0 aromatic carbocycles. The number of hydrogen-bond acceptors (Lipinski definition) is 3. The topological polar surface area (TPSA) is 69.7 Å². The van der Waals surface area contributed by atoms with E-state index in [4.69, 9.17) is 0 Å². The molecule has 0 aliphatic carbocycles. The minimum Gasteiger partial charge on any atom is -0.331 e. The molecule has 6 nitrogen and oxygen atoms in total. The van der Waals surface area contributed by atoms with E-state index in [2.05, 4.69) is 4.72 Å². The summed E-state index contributed by atoms with van der Waals surface area (Å²) in [5.41, 5.74) is 0. The number of nitrogens with one attached hydrogen (secondary N) is 1. The lowest BCUT2D eigenvalue weighted by Gasteiger charge is -2.33. The van der Waals surface area contributed by atoms with Gasteiger partial charge in [0, 0.05) is 33.7 Å². The molecule has 0 aromatic rings. The quantitative estimate of drug-likeness (QED) is 0.815. The number of amides is 2. The second-order valence-corrected chi connectivity index (χ2v) is 7.57. The van der Waals surface area contributed by atoms with E-state index >= 15 is 0 Å². The molecule has 1 N–H and O–H groups in total. The van der Waals surface area contributed by atoms with Crippen LogP contribution in [0, 0.1) is 5.92 Å². The van der Waals surface area contributed by atoms with Gasteiger partial charge in [0.15, 0.2) is 0 Å². The Hall–Kier alpha value is -1.03. The monoisotopic (exact) mass is 345 g/mol. The molecule has 2 amide bonds. The van der Waals surface area contributed by atoms with E-state index in [0.29, 0.717) is 25.9 Å². The predicted molar refractivity (Wildman–Crippen MR) is 75.8 cm³/mol. The first-order valence-corrected chi connectivity index (χ1v) is 8.66. The number of sulfonamides is 1. The Morgan fingerprint density at radius 2 is 1.82 bits per heavy atom. The Labute approximate surface area is 128 Å². The molecule has 1 rings (SSSR count). The highest BCUT2D eigenvalue weighted by Crippen LogP contribution is 2.20. The van der Waals surface area contributed by atoms with Gasteiger partial charge in [0.2, 0.25) is 10.0 Å². The molecule has 1 heterocycles. The van der Waals surface area contributed by atoms with Crippen LogP contribution in [-0.2, 0) is 10.0 Å². The summed E-state index contributed by atoms with van der Waals surface area (Å²) >= 11 is 0. The van der Waals surface area contributed by atoms with Crippen molar-refractivity contribution in [3.05, 3.63) is 0 Å². The van der Waals surface area contributed by atoms with E-state index in [9.17, 15) is 26.4 Å². The maximum Gasteiger partial charge on any atom is 0.390 e. The number of likely N-dealkylation sites (tertiary alicyclic amines) is 1. The van der Waals surface area contributed by atoms with Crippen LogP contribution in [0.15, 0.2) is 0 Å². The third-order valence-electron chi connectivity index (χ3n) is 3.51. The number of carbonyl (C=O) groups excluding carboxylic acids is 1. The first kappa shape index (κ1) is 19.0. The van der Waals surface area contributed by atoms with Crippen molar-refractivity contribution in [2.75, 3.05) is 39.5 Å². The summed E-state index contributed by atoms with van der Waals surface area (Å²) in [5.74, 6) is -0.916. The van der Waals surface area contributed by atoms with Gasteiger partial charge in [-0.25, -0.2) is 17.9 Å². The van der Waals surface area contributed by atoms with E-state index in [1.807, 2.05) is 0 Å². The van der Waals surface area contributed by atoms with Crippen LogP contribution in [0.3, 0.4) is 0 Å². The number of carbonyl (C=O) groups is 1. The van der Waals surface area contributed by atoms with E-state index in [1.165, 1.54) is 4.90 Å². The van der Waals surface area contributed by atoms with Crippen molar-refractivity contribution < 1.29 is 26.4 Å². The third kappa shape index (κ3) is 6.82. The average molecular weight is 345 g/mol. The molecule has 1 aliphatic rings. The molecule has 10 heteroatoms. The lowest BCUT2D eigenvalue weighted by atomic mass is 9.97. The molecule has 1 saturated heterocycles. The maximum atomic E-state index is 12.0. The van der Waals surface area contributed by atoms with Crippen molar-refractivity contribution in [2.24, 2.45) is 5.92 Å². The molecule has 0 aromatic heterocycles. The zero-order valence-electron chi connectivity index (χ0n) is 12.7. The number of halogens is 3. The Morgan fingerprint density at radius 3 is 2.27 bits per heavy atom. The normalized spacial score (nSPS) is 17.6. The summed E-state index contributed by atoms with van der Waals surface area (Å²) in [5, 5.41) is 0. The van der Waals surface area contributed by atoms with Gasteiger partial charge in [-0.2, -0.15) is 13.2 Å². The first-order valence-electron chi connectivity index (χ1n) is 7.00. The summed E-state index contributed by atoms with van der Waals surface area (Å²) in [6, 6.07) is -0.0933. The van der Waals surface area contributed by atoms with Crippen LogP contribution in [0.5, 0.6) is 0 Å². The van der Waals surface area contributed by atoms with Crippen molar-refractivity contribution in [2.45, 2.75) is 25.4 Å². The minimum atomic E-state index is -4.48. The van der Waals surface area contributed by atoms with Gasteiger partial charge in [0.25, 0.3) is 0 Å². The lowest BCUT2D eigenvalue weighted by Crippen LogP contribution is -2.45. The van der Waals surface area contributed by atoms with Gasteiger partial charge in [-0.15, -0.1) is 0 Å². The molecule has 130 valence electrons. The Morgan fingerprint density at radius 1 is 1.27 bits per heavy atom. The van der Waals surface area contributed by atoms with Crippen molar-refractivity contribution in [1.82, 2.24) is 14.5 Å². The number of piperidine rings is 1. The van der Waals surface area contributed by atoms with Gasteiger partial charge in [0.05, 0.1) is 12.2 Å². The Kier molecular flexibility index (Phi) is 6.48. The minimum absolute atomic E-state index is 0.0341. The Bertz CT molecular complexity index is 472. The largest absolute Gasteiger partial charge is 0.390 e. The molecular weight excluding hydrogens is 323 g/mol. The summed E-state index contributed by atoms with van der Waals surface area (Å²) in [6.07, 6.45) is -4.58. The van der Waals surface area contributed by atoms with E-state index in [-0.39, 0.29) is 18.5 Å². The van der Waals surface area contributed by atoms with E-state index < -0.39 is 28.4 Å². The summed E-state index contributed by atoms with van der Waals surface area (Å²) in [6.45, 7) is 1.15. The maximum absolute atomic E-state index is 12.0. The summed E-state index contributed by atoms with van der Waals surface area (Å²) in [7, 11) is -0.604. The SMILES string of the molecule is CN(C)C(=O)N1CCC(CNS(=O)(=O)CCC(F)(F)F)CC1. The van der Waals surface area contributed by atoms with Crippen molar-refractivity contribution >= 4 is 16.1 Å². The van der Waals surface area contributed by atoms with Gasteiger partial charge >= 0.3 is 12.2 Å². The van der Waals surface area contributed by atoms with Crippen LogP contribution in [0.1, 0.15) is 19.3 Å². The van der Waals surface area contributed by atoms with Crippen LogP contribution in [0.4, 0.5) is 18.0 Å². The fourth-order valence-corrected chi connectivity index (χ4v) is 3.31. The Balaban J connectivity index is 2.34. The smallest absolute Gasteiger partial charge is 0.331 e. The zero-order valence-corrected chi connectivity index (χ0v) is 13.5. The van der Waals surface area contributed by atoms with Crippen molar-refractivity contribution in [3.63, 3.8) is 0 Å². The van der Waals surface area contributed by atoms with Gasteiger partial charge < -0.3 is 9.80 Å². The first-order chi connectivity index (χ1) is 10.0.